The standard InChI is InChI=1S/C27H27ClN2O8S/c1-14-10-19(31)17(13-29-16-7-8-18-15(11-16)6-5-9-30(18)39(4,34)35)25(32)27(14)26(33)22-20(36-2)12-21(37-3)23(28)24(22)38-27/h7-8,11-14,32H,5-6,9-10H2,1-4H3. The van der Waals surface area contributed by atoms with Gasteiger partial charge in [0.25, 0.3) is 0 Å². The van der Waals surface area contributed by atoms with Gasteiger partial charge in [0.15, 0.2) is 17.3 Å². The van der Waals surface area contributed by atoms with Gasteiger partial charge in [-0.1, -0.05) is 18.5 Å². The number of hydrogen-bond acceptors (Lipinski definition) is 9. The summed E-state index contributed by atoms with van der Waals surface area (Å²) >= 11 is 6.46. The molecule has 206 valence electrons. The molecule has 0 radical (unpaired) electrons. The van der Waals surface area contributed by atoms with E-state index in [1.807, 2.05) is 0 Å². The Hall–Kier alpha value is -3.57. The average molecular weight is 575 g/mol. The highest BCUT2D eigenvalue weighted by Gasteiger charge is 2.60. The van der Waals surface area contributed by atoms with Gasteiger partial charge < -0.3 is 19.3 Å². The molecule has 3 aliphatic rings. The molecule has 2 aromatic rings. The van der Waals surface area contributed by atoms with Crippen LogP contribution >= 0.6 is 11.6 Å². The lowest BCUT2D eigenvalue weighted by Gasteiger charge is -2.36. The van der Waals surface area contributed by atoms with Crippen LogP contribution in [-0.4, -0.2) is 63.9 Å². The Morgan fingerprint density at radius 2 is 1.92 bits per heavy atom. The zero-order valence-corrected chi connectivity index (χ0v) is 23.4. The maximum Gasteiger partial charge on any atom is 0.232 e. The lowest BCUT2D eigenvalue weighted by atomic mass is 9.73. The van der Waals surface area contributed by atoms with E-state index in [0.29, 0.717) is 30.8 Å². The predicted octanol–water partition coefficient (Wildman–Crippen LogP) is 4.21. The number of ether oxygens (including phenoxy) is 3. The number of Topliss-reactive ketones (excluding diaryl/α,β-unsaturated/α-hetero) is 2. The molecule has 1 spiro atoms. The van der Waals surface area contributed by atoms with Crippen LogP contribution < -0.4 is 18.5 Å². The molecule has 12 heteroatoms. The summed E-state index contributed by atoms with van der Waals surface area (Å²) in [5.74, 6) is -1.88. The largest absolute Gasteiger partial charge is 0.507 e. The molecule has 2 unspecified atom stereocenters. The minimum Gasteiger partial charge on any atom is -0.507 e. The van der Waals surface area contributed by atoms with Crippen LogP contribution in [0.4, 0.5) is 11.4 Å². The van der Waals surface area contributed by atoms with E-state index in [4.69, 9.17) is 25.8 Å². The predicted molar refractivity (Wildman–Crippen MR) is 146 cm³/mol. The number of aryl methyl sites for hydroxylation is 1. The number of aliphatic imine (C=N–C) groups is 1. The van der Waals surface area contributed by atoms with Crippen LogP contribution in [0, 0.1) is 5.92 Å². The zero-order chi connectivity index (χ0) is 28.3. The van der Waals surface area contributed by atoms with Gasteiger partial charge in [0.1, 0.15) is 22.1 Å². The zero-order valence-electron chi connectivity index (χ0n) is 21.8. The van der Waals surface area contributed by atoms with Gasteiger partial charge in [0.2, 0.25) is 21.4 Å². The van der Waals surface area contributed by atoms with Gasteiger partial charge in [0.05, 0.1) is 37.4 Å². The number of hydrogen-bond donors (Lipinski definition) is 1. The Morgan fingerprint density at radius 3 is 2.59 bits per heavy atom. The van der Waals surface area contributed by atoms with Crippen molar-refractivity contribution in [3.63, 3.8) is 0 Å². The first-order chi connectivity index (χ1) is 18.4. The second-order valence-corrected chi connectivity index (χ2v) is 12.1. The molecule has 1 aliphatic carbocycles. The van der Waals surface area contributed by atoms with Crippen LogP contribution in [0.2, 0.25) is 5.02 Å². The SMILES string of the molecule is COc1cc(OC)c2c(c1Cl)OC1(C2=O)C(O)=C(C=Nc2ccc3c(c2)CCCN3S(C)(=O)=O)C(=O)CC1C. The number of carbonyl (C=O) groups excluding carboxylic acids is 2. The van der Waals surface area contributed by atoms with E-state index in [1.54, 1.807) is 25.1 Å². The van der Waals surface area contributed by atoms with Gasteiger partial charge in [-0.05, 0) is 36.6 Å². The molecule has 2 heterocycles. The molecule has 1 N–H and O–H groups in total. The third-order valence-electron chi connectivity index (χ3n) is 7.39. The average Bonchev–Trinajstić information content (AvgIpc) is 3.21. The maximum atomic E-state index is 13.8. The molecule has 2 aliphatic heterocycles. The van der Waals surface area contributed by atoms with E-state index in [0.717, 1.165) is 5.56 Å². The number of rotatable bonds is 5. The number of carbonyl (C=O) groups is 2. The summed E-state index contributed by atoms with van der Waals surface area (Å²) < 4.78 is 42.4. The number of aliphatic hydroxyl groups is 1. The van der Waals surface area contributed by atoms with Crippen molar-refractivity contribution in [2.45, 2.75) is 31.8 Å². The van der Waals surface area contributed by atoms with E-state index in [-0.39, 0.29) is 39.8 Å². The van der Waals surface area contributed by atoms with Crippen molar-refractivity contribution >= 4 is 50.8 Å². The lowest BCUT2D eigenvalue weighted by molar-refractivity contribution is -0.118. The molecule has 0 bridgehead atoms. The van der Waals surface area contributed by atoms with Gasteiger partial charge in [-0.15, -0.1) is 0 Å². The van der Waals surface area contributed by atoms with Crippen LogP contribution in [0.15, 0.2) is 40.6 Å². The summed E-state index contributed by atoms with van der Waals surface area (Å²) in [6.45, 7) is 2.04. The molecule has 2 atom stereocenters. The van der Waals surface area contributed by atoms with Gasteiger partial charge in [-0.3, -0.25) is 18.9 Å². The van der Waals surface area contributed by atoms with Crippen LogP contribution in [0.25, 0.3) is 0 Å². The highest BCUT2D eigenvalue weighted by atomic mass is 35.5. The Morgan fingerprint density at radius 1 is 1.21 bits per heavy atom. The summed E-state index contributed by atoms with van der Waals surface area (Å²) in [4.78, 5) is 31.2. The number of halogens is 1. The maximum absolute atomic E-state index is 13.8. The first-order valence-corrected chi connectivity index (χ1v) is 14.5. The molecule has 0 fully saturated rings. The van der Waals surface area contributed by atoms with Crippen LogP contribution in [-0.2, 0) is 21.2 Å². The number of sulfonamides is 1. The summed E-state index contributed by atoms with van der Waals surface area (Å²) in [5.41, 5.74) is -0.145. The number of anilines is 1. The molecule has 0 aromatic heterocycles. The molecule has 5 rings (SSSR count). The minimum atomic E-state index is -3.42. The van der Waals surface area contributed by atoms with Crippen molar-refractivity contribution in [1.82, 2.24) is 0 Å². The smallest absolute Gasteiger partial charge is 0.232 e. The number of allylic oxidation sites excluding steroid dienone is 1. The molecule has 10 nitrogen and oxygen atoms in total. The van der Waals surface area contributed by atoms with E-state index >= 15 is 0 Å². The number of aliphatic hydroxyl groups excluding tert-OH is 1. The van der Waals surface area contributed by atoms with Crippen molar-refractivity contribution in [2.24, 2.45) is 10.9 Å². The Kier molecular flexibility index (Phi) is 6.62. The van der Waals surface area contributed by atoms with Gasteiger partial charge in [0, 0.05) is 31.2 Å². The lowest BCUT2D eigenvalue weighted by Crippen LogP contribution is -2.52. The van der Waals surface area contributed by atoms with Crippen molar-refractivity contribution in [3.05, 3.63) is 51.7 Å². The Balaban J connectivity index is 1.56. The number of nitrogens with zero attached hydrogens (tertiary/aromatic N) is 2. The van der Waals surface area contributed by atoms with E-state index in [9.17, 15) is 23.1 Å². The Bertz CT molecular complexity index is 1580. The molecular formula is C27H27ClN2O8S. The summed E-state index contributed by atoms with van der Waals surface area (Å²) in [7, 11) is -0.622. The first kappa shape index (κ1) is 27.0. The second kappa shape index (κ2) is 9.56. The van der Waals surface area contributed by atoms with Crippen LogP contribution in [0.1, 0.15) is 35.7 Å². The fraction of sp³-hybridized carbons (Fsp3) is 0.370. The van der Waals surface area contributed by atoms with E-state index < -0.39 is 38.9 Å². The molecule has 0 saturated heterocycles. The highest BCUT2D eigenvalue weighted by Crippen LogP contribution is 2.54. The number of fused-ring (bicyclic) bond motifs is 2. The number of methoxy groups -OCH3 is 2. The van der Waals surface area contributed by atoms with E-state index in [1.165, 1.54) is 37.1 Å². The van der Waals surface area contributed by atoms with Crippen LogP contribution in [0.3, 0.4) is 0 Å². The van der Waals surface area contributed by atoms with E-state index in [2.05, 4.69) is 4.99 Å². The fourth-order valence-electron chi connectivity index (χ4n) is 5.43. The molecular weight excluding hydrogens is 548 g/mol. The Labute approximate surface area is 230 Å². The molecule has 39 heavy (non-hydrogen) atoms. The topological polar surface area (TPSA) is 132 Å². The van der Waals surface area contributed by atoms with Crippen molar-refractivity contribution < 1.29 is 37.3 Å². The van der Waals surface area contributed by atoms with Gasteiger partial charge in [-0.2, -0.15) is 0 Å². The van der Waals surface area contributed by atoms with Crippen LogP contribution in [0.5, 0.6) is 17.2 Å². The monoisotopic (exact) mass is 574 g/mol. The molecule has 0 saturated carbocycles. The fourth-order valence-corrected chi connectivity index (χ4v) is 6.69. The van der Waals surface area contributed by atoms with Crippen molar-refractivity contribution in [1.29, 1.82) is 0 Å². The summed E-state index contributed by atoms with van der Waals surface area (Å²) in [5, 5.41) is 11.5. The number of ketones is 2. The van der Waals surface area contributed by atoms with Crippen molar-refractivity contribution in [2.75, 3.05) is 31.3 Å². The molecule has 0 amide bonds. The minimum absolute atomic E-state index is 0.00650. The highest BCUT2D eigenvalue weighted by molar-refractivity contribution is 7.92. The third kappa shape index (κ3) is 4.15. The van der Waals surface area contributed by atoms with Gasteiger partial charge >= 0.3 is 0 Å². The normalized spacial score (nSPS) is 22.8. The summed E-state index contributed by atoms with van der Waals surface area (Å²) in [6, 6.07) is 6.51. The first-order valence-electron chi connectivity index (χ1n) is 12.2. The second-order valence-electron chi connectivity index (χ2n) is 9.77. The quantitative estimate of drug-likeness (QED) is 0.525. The van der Waals surface area contributed by atoms with Crippen molar-refractivity contribution in [3.8, 4) is 17.2 Å². The molecule has 2 aromatic carbocycles. The number of benzene rings is 2. The third-order valence-corrected chi connectivity index (χ3v) is 8.93. The summed E-state index contributed by atoms with van der Waals surface area (Å²) in [6.07, 6.45) is 3.62. The van der Waals surface area contributed by atoms with Gasteiger partial charge in [-0.25, -0.2) is 8.42 Å².